The highest BCUT2D eigenvalue weighted by atomic mass is 32.2. The van der Waals surface area contributed by atoms with Crippen LogP contribution in [0.4, 0.5) is 4.79 Å². The van der Waals surface area contributed by atoms with E-state index in [1.807, 2.05) is 0 Å². The van der Waals surface area contributed by atoms with Gasteiger partial charge in [-0.1, -0.05) is 12.8 Å². The van der Waals surface area contributed by atoms with E-state index in [1.54, 1.807) is 25.7 Å². The van der Waals surface area contributed by atoms with Crippen LogP contribution in [-0.2, 0) is 28.9 Å². The molecule has 2 atom stereocenters. The quantitative estimate of drug-likeness (QED) is 0.564. The van der Waals surface area contributed by atoms with Gasteiger partial charge in [0.1, 0.15) is 5.60 Å². The fourth-order valence-corrected chi connectivity index (χ4v) is 6.58. The number of ether oxygens (including phenoxy) is 2. The van der Waals surface area contributed by atoms with Gasteiger partial charge < -0.3 is 19.3 Å². The lowest BCUT2D eigenvalue weighted by atomic mass is 9.98. The Hall–Kier alpha value is -1.84. The minimum Gasteiger partial charge on any atom is -0.455 e. The Morgan fingerprint density at radius 2 is 1.69 bits per heavy atom. The van der Waals surface area contributed by atoms with Gasteiger partial charge in [-0.2, -0.15) is 0 Å². The monoisotopic (exact) mass is 472 g/mol. The summed E-state index contributed by atoms with van der Waals surface area (Å²) in [6.07, 6.45) is 4.94. The van der Waals surface area contributed by atoms with Gasteiger partial charge in [0.2, 0.25) is 0 Å². The van der Waals surface area contributed by atoms with Gasteiger partial charge in [-0.15, -0.1) is 0 Å². The van der Waals surface area contributed by atoms with E-state index < -0.39 is 40.0 Å². The van der Waals surface area contributed by atoms with Gasteiger partial charge in [-0.05, 0) is 52.9 Å². The fourth-order valence-electron chi connectivity index (χ4n) is 4.87. The highest BCUT2D eigenvalue weighted by Crippen LogP contribution is 2.29. The summed E-state index contributed by atoms with van der Waals surface area (Å²) in [5.74, 6) is -1.26. The number of rotatable bonds is 5. The summed E-state index contributed by atoms with van der Waals surface area (Å²) in [6, 6.07) is -0.330. The normalized spacial score (nSPS) is 26.0. The number of carbonyl (C=O) groups is 3. The average Bonchev–Trinajstić information content (AvgIpc) is 3.35. The molecule has 0 radical (unpaired) electrons. The fraction of sp³-hybridized carbons (Fsp3) is 0.864. The van der Waals surface area contributed by atoms with E-state index in [0.29, 0.717) is 25.8 Å². The highest BCUT2D eigenvalue weighted by Gasteiger charge is 2.39. The number of nitrogens with zero attached hydrogens (tertiary/aromatic N) is 2. The van der Waals surface area contributed by atoms with Crippen LogP contribution in [0, 0.1) is 5.92 Å². The zero-order valence-corrected chi connectivity index (χ0v) is 20.2. The molecule has 182 valence electrons. The van der Waals surface area contributed by atoms with Crippen LogP contribution in [0.3, 0.4) is 0 Å². The van der Waals surface area contributed by atoms with Crippen LogP contribution in [-0.4, -0.2) is 85.1 Å². The van der Waals surface area contributed by atoms with E-state index in [0.717, 1.165) is 25.7 Å². The van der Waals surface area contributed by atoms with Crippen LogP contribution in [0.1, 0.15) is 65.7 Å². The van der Waals surface area contributed by atoms with E-state index in [2.05, 4.69) is 0 Å². The Bertz CT molecular complexity index is 815. The third kappa shape index (κ3) is 6.59. The van der Waals surface area contributed by atoms with E-state index in [4.69, 9.17) is 9.47 Å². The number of carbonyl (C=O) groups excluding carboxylic acids is 3. The Morgan fingerprint density at radius 1 is 1.00 bits per heavy atom. The maximum absolute atomic E-state index is 13.0. The minimum atomic E-state index is -3.13. The van der Waals surface area contributed by atoms with Crippen LogP contribution in [0.5, 0.6) is 0 Å². The minimum absolute atomic E-state index is 0.0110. The van der Waals surface area contributed by atoms with Gasteiger partial charge in [0.05, 0.1) is 17.4 Å². The first-order valence-electron chi connectivity index (χ1n) is 11.6. The molecule has 0 aromatic heterocycles. The van der Waals surface area contributed by atoms with Crippen molar-refractivity contribution >= 4 is 27.8 Å². The first kappa shape index (κ1) is 24.8. The smallest absolute Gasteiger partial charge is 0.410 e. The molecular formula is C22H36N2O7S. The van der Waals surface area contributed by atoms with Gasteiger partial charge in [-0.3, -0.25) is 9.59 Å². The Labute approximate surface area is 190 Å². The second-order valence-corrected chi connectivity index (χ2v) is 12.4. The zero-order valence-electron chi connectivity index (χ0n) is 19.4. The molecule has 10 heteroatoms. The third-order valence-corrected chi connectivity index (χ3v) is 8.10. The molecule has 3 aliphatic rings. The topological polar surface area (TPSA) is 110 Å². The molecule has 1 saturated carbocycles. The van der Waals surface area contributed by atoms with Gasteiger partial charge in [-0.25, -0.2) is 13.2 Å². The summed E-state index contributed by atoms with van der Waals surface area (Å²) < 4.78 is 34.7. The second kappa shape index (κ2) is 9.97. The van der Waals surface area contributed by atoms with Gasteiger partial charge in [0.25, 0.3) is 5.91 Å². The van der Waals surface area contributed by atoms with Gasteiger partial charge >= 0.3 is 12.1 Å². The number of esters is 1. The number of hydrogen-bond acceptors (Lipinski definition) is 7. The summed E-state index contributed by atoms with van der Waals surface area (Å²) in [6.45, 7) is 5.70. The van der Waals surface area contributed by atoms with Crippen LogP contribution in [0.2, 0.25) is 0 Å². The lowest BCUT2D eigenvalue weighted by molar-refractivity contribution is -0.158. The number of likely N-dealkylation sites (tertiary alicyclic amines) is 1. The first-order chi connectivity index (χ1) is 15.0. The highest BCUT2D eigenvalue weighted by molar-refractivity contribution is 7.91. The molecule has 2 unspecified atom stereocenters. The summed E-state index contributed by atoms with van der Waals surface area (Å²) >= 11 is 0. The van der Waals surface area contributed by atoms with E-state index in [9.17, 15) is 22.8 Å². The molecule has 2 amide bonds. The molecule has 0 aromatic carbocycles. The zero-order chi connectivity index (χ0) is 23.5. The molecule has 0 N–H and O–H groups in total. The van der Waals surface area contributed by atoms with Crippen LogP contribution in [0.25, 0.3) is 0 Å². The lowest BCUT2D eigenvalue weighted by Crippen LogP contribution is -2.49. The summed E-state index contributed by atoms with van der Waals surface area (Å²) in [5, 5.41) is 0. The van der Waals surface area contributed by atoms with E-state index >= 15 is 0 Å². The maximum Gasteiger partial charge on any atom is 0.410 e. The molecule has 3 rings (SSSR count). The second-order valence-electron chi connectivity index (χ2n) is 10.2. The van der Waals surface area contributed by atoms with Crippen LogP contribution >= 0.6 is 0 Å². The Balaban J connectivity index is 1.56. The number of piperidine rings is 1. The molecule has 9 nitrogen and oxygen atoms in total. The summed E-state index contributed by atoms with van der Waals surface area (Å²) in [7, 11) is -3.13. The van der Waals surface area contributed by atoms with Crippen molar-refractivity contribution in [2.75, 3.05) is 31.2 Å². The van der Waals surface area contributed by atoms with Crippen molar-refractivity contribution < 1.29 is 32.3 Å². The molecular weight excluding hydrogens is 436 g/mol. The van der Waals surface area contributed by atoms with Crippen molar-refractivity contribution in [3.8, 4) is 0 Å². The molecule has 0 aromatic rings. The largest absolute Gasteiger partial charge is 0.455 e. The number of amides is 2. The van der Waals surface area contributed by atoms with Crippen molar-refractivity contribution in [1.82, 2.24) is 9.80 Å². The van der Waals surface area contributed by atoms with Crippen LogP contribution in [0.15, 0.2) is 0 Å². The van der Waals surface area contributed by atoms with Crippen molar-refractivity contribution in [1.29, 1.82) is 0 Å². The van der Waals surface area contributed by atoms with Crippen molar-refractivity contribution in [3.63, 3.8) is 0 Å². The first-order valence-corrected chi connectivity index (χ1v) is 13.4. The molecule has 2 aliphatic heterocycles. The number of hydrogen-bond donors (Lipinski definition) is 0. The van der Waals surface area contributed by atoms with Gasteiger partial charge in [0, 0.05) is 25.2 Å². The van der Waals surface area contributed by atoms with Crippen molar-refractivity contribution in [3.05, 3.63) is 0 Å². The molecule has 2 saturated heterocycles. The third-order valence-electron chi connectivity index (χ3n) is 6.35. The van der Waals surface area contributed by atoms with Crippen molar-refractivity contribution in [2.24, 2.45) is 5.92 Å². The molecule has 3 fully saturated rings. The average molecular weight is 473 g/mol. The standard InChI is InChI=1S/C22H36N2O7S/c1-22(2,3)31-21(27)23-11-6-7-16(13-23)20(26)30-14-19(25)24(17-8-4-5-9-17)18-10-12-32(28,29)15-18/h16-18H,4-15H2,1-3H3. The molecule has 0 spiro atoms. The van der Waals surface area contributed by atoms with Crippen LogP contribution < -0.4 is 0 Å². The lowest BCUT2D eigenvalue weighted by Gasteiger charge is -2.35. The predicted octanol–water partition coefficient (Wildman–Crippen LogP) is 2.14. The summed E-state index contributed by atoms with van der Waals surface area (Å²) in [5.41, 5.74) is -0.617. The van der Waals surface area contributed by atoms with Crippen molar-refractivity contribution in [2.45, 2.75) is 83.4 Å². The molecule has 2 heterocycles. The molecule has 32 heavy (non-hydrogen) atoms. The maximum atomic E-state index is 13.0. The van der Waals surface area contributed by atoms with E-state index in [-0.39, 0.29) is 36.0 Å². The Morgan fingerprint density at radius 3 is 2.28 bits per heavy atom. The predicted molar refractivity (Wildman–Crippen MR) is 118 cm³/mol. The molecule has 1 aliphatic carbocycles. The SMILES string of the molecule is CC(C)(C)OC(=O)N1CCCC(C(=O)OCC(=O)N(C2CCCC2)C2CCS(=O)(=O)C2)C1. The molecule has 0 bridgehead atoms. The van der Waals surface area contributed by atoms with Gasteiger partial charge in [0.15, 0.2) is 16.4 Å². The number of sulfone groups is 1. The van der Waals surface area contributed by atoms with E-state index in [1.165, 1.54) is 4.90 Å². The summed E-state index contributed by atoms with van der Waals surface area (Å²) in [4.78, 5) is 41.2. The Kier molecular flexibility index (Phi) is 7.73.